The number of benzene rings is 1. The molecular formula is C21H20N8O3. The molecule has 4 rings (SSSR count). The molecule has 2 amide bonds. The Bertz CT molecular complexity index is 1260. The lowest BCUT2D eigenvalue weighted by atomic mass is 10.0. The maximum atomic E-state index is 12.1. The summed E-state index contributed by atoms with van der Waals surface area (Å²) in [7, 11) is 3.17. The zero-order valence-electron chi connectivity index (χ0n) is 17.4. The molecule has 0 unspecified atom stereocenters. The minimum absolute atomic E-state index is 0.0189. The topological polar surface area (TPSA) is 161 Å². The van der Waals surface area contributed by atoms with Crippen LogP contribution in [0.25, 0.3) is 11.1 Å². The van der Waals surface area contributed by atoms with E-state index in [1.165, 1.54) is 17.9 Å². The number of hydrogen-bond donors (Lipinski definition) is 3. The van der Waals surface area contributed by atoms with Crippen molar-refractivity contribution in [3.05, 3.63) is 41.9 Å². The van der Waals surface area contributed by atoms with Crippen molar-refractivity contribution in [2.45, 2.75) is 12.8 Å². The van der Waals surface area contributed by atoms with E-state index in [-0.39, 0.29) is 29.0 Å². The molecule has 1 aromatic carbocycles. The van der Waals surface area contributed by atoms with Crippen molar-refractivity contribution in [1.29, 1.82) is 5.26 Å². The molecule has 2 heterocycles. The van der Waals surface area contributed by atoms with E-state index in [2.05, 4.69) is 32.0 Å². The molecule has 1 aliphatic carbocycles. The van der Waals surface area contributed by atoms with Crippen molar-refractivity contribution in [3.63, 3.8) is 0 Å². The van der Waals surface area contributed by atoms with Gasteiger partial charge in [0.1, 0.15) is 17.5 Å². The minimum Gasteiger partial charge on any atom is -0.494 e. The summed E-state index contributed by atoms with van der Waals surface area (Å²) in [6.07, 6.45) is 3.26. The lowest BCUT2D eigenvalue weighted by Gasteiger charge is -2.16. The summed E-state index contributed by atoms with van der Waals surface area (Å²) in [4.78, 5) is 24.0. The minimum atomic E-state index is -0.783. The van der Waals surface area contributed by atoms with E-state index in [0.29, 0.717) is 28.3 Å². The van der Waals surface area contributed by atoms with Gasteiger partial charge in [0.2, 0.25) is 5.91 Å². The number of primary amides is 1. The highest BCUT2D eigenvalue weighted by Gasteiger charge is 2.30. The summed E-state index contributed by atoms with van der Waals surface area (Å²) in [6.45, 7) is 0. The van der Waals surface area contributed by atoms with Crippen LogP contribution in [0.3, 0.4) is 0 Å². The Morgan fingerprint density at radius 1 is 1.25 bits per heavy atom. The molecule has 2 aromatic heterocycles. The van der Waals surface area contributed by atoms with Crippen molar-refractivity contribution in [3.8, 4) is 22.9 Å². The highest BCUT2D eigenvalue weighted by Crippen LogP contribution is 2.39. The molecule has 0 atom stereocenters. The molecule has 0 spiro atoms. The highest BCUT2D eigenvalue weighted by molar-refractivity contribution is 5.99. The second-order valence-corrected chi connectivity index (χ2v) is 7.27. The van der Waals surface area contributed by atoms with Crippen LogP contribution in [-0.4, -0.2) is 38.9 Å². The summed E-state index contributed by atoms with van der Waals surface area (Å²) in [5.74, 6) is -0.322. The Labute approximate surface area is 183 Å². The first kappa shape index (κ1) is 20.8. The molecule has 0 aliphatic heterocycles. The molecule has 11 nitrogen and oxygen atoms in total. The summed E-state index contributed by atoms with van der Waals surface area (Å²) in [6, 6.07) is 8.92. The predicted molar refractivity (Wildman–Crippen MR) is 115 cm³/mol. The van der Waals surface area contributed by atoms with Crippen LogP contribution in [-0.2, 0) is 11.8 Å². The first-order chi connectivity index (χ1) is 15.4. The number of nitrogens with one attached hydrogen (secondary N) is 2. The molecule has 4 N–H and O–H groups in total. The number of anilines is 3. The average molecular weight is 432 g/mol. The van der Waals surface area contributed by atoms with Crippen molar-refractivity contribution >= 4 is 29.0 Å². The van der Waals surface area contributed by atoms with Crippen LogP contribution in [0.15, 0.2) is 30.5 Å². The molecule has 0 bridgehead atoms. The SMILES string of the molecule is COc1c(Nc2cc(NC(=O)C3CC3)nnc2C(N)=O)cccc1-c1cnn(C)c1C#N. The van der Waals surface area contributed by atoms with E-state index in [4.69, 9.17) is 10.5 Å². The first-order valence-corrected chi connectivity index (χ1v) is 9.77. The van der Waals surface area contributed by atoms with Gasteiger partial charge in [-0.05, 0) is 18.9 Å². The number of hydrogen-bond acceptors (Lipinski definition) is 8. The standard InChI is InChI=1S/C21H20N8O3/c1-29-16(9-22)13(10-24-29)12-4-3-5-14(19(12)32-2)25-15-8-17(26-21(31)11-6-7-11)27-28-18(15)20(23)30/h3-5,8,10-11H,6-7H2,1-2H3,(H2,23,30)(H2,25,26,27,31). The van der Waals surface area contributed by atoms with Gasteiger partial charge in [-0.25, -0.2) is 0 Å². The van der Waals surface area contributed by atoms with Gasteiger partial charge in [0.15, 0.2) is 11.5 Å². The van der Waals surface area contributed by atoms with Crippen molar-refractivity contribution in [2.75, 3.05) is 17.7 Å². The van der Waals surface area contributed by atoms with Crippen LogP contribution in [0, 0.1) is 17.2 Å². The Balaban J connectivity index is 1.74. The summed E-state index contributed by atoms with van der Waals surface area (Å²) >= 11 is 0. The third-order valence-corrected chi connectivity index (χ3v) is 5.05. The number of aryl methyl sites for hydroxylation is 1. The highest BCUT2D eigenvalue weighted by atomic mass is 16.5. The molecule has 0 saturated heterocycles. The normalized spacial score (nSPS) is 12.7. The molecule has 1 fully saturated rings. The van der Waals surface area contributed by atoms with E-state index in [0.717, 1.165) is 12.8 Å². The number of nitrogens with two attached hydrogens (primary N) is 1. The van der Waals surface area contributed by atoms with E-state index >= 15 is 0 Å². The number of nitriles is 1. The fourth-order valence-corrected chi connectivity index (χ4v) is 3.28. The Morgan fingerprint density at radius 3 is 2.69 bits per heavy atom. The first-order valence-electron chi connectivity index (χ1n) is 9.77. The van der Waals surface area contributed by atoms with E-state index in [1.54, 1.807) is 31.4 Å². The second-order valence-electron chi connectivity index (χ2n) is 7.27. The molecule has 32 heavy (non-hydrogen) atoms. The number of para-hydroxylation sites is 1. The third kappa shape index (κ3) is 3.93. The van der Waals surface area contributed by atoms with Gasteiger partial charge < -0.3 is 21.1 Å². The zero-order chi connectivity index (χ0) is 22.8. The van der Waals surface area contributed by atoms with Crippen LogP contribution < -0.4 is 21.1 Å². The molecule has 1 aliphatic rings. The van der Waals surface area contributed by atoms with Gasteiger partial charge in [-0.2, -0.15) is 10.4 Å². The molecule has 162 valence electrons. The van der Waals surface area contributed by atoms with E-state index < -0.39 is 5.91 Å². The number of aromatic nitrogens is 4. The number of amides is 2. The van der Waals surface area contributed by atoms with Crippen molar-refractivity contribution in [1.82, 2.24) is 20.0 Å². The summed E-state index contributed by atoms with van der Waals surface area (Å²) < 4.78 is 7.09. The number of carbonyl (C=O) groups is 2. The van der Waals surface area contributed by atoms with Crippen LogP contribution in [0.5, 0.6) is 5.75 Å². The van der Waals surface area contributed by atoms with Crippen molar-refractivity contribution in [2.24, 2.45) is 18.7 Å². The Morgan fingerprint density at radius 2 is 2.03 bits per heavy atom. The molecule has 1 saturated carbocycles. The number of carbonyl (C=O) groups excluding carboxylic acids is 2. The fraction of sp³-hybridized carbons (Fsp3) is 0.238. The van der Waals surface area contributed by atoms with E-state index in [1.807, 2.05) is 0 Å². The van der Waals surface area contributed by atoms with Crippen LogP contribution in [0.4, 0.5) is 17.2 Å². The van der Waals surface area contributed by atoms with E-state index in [9.17, 15) is 14.9 Å². The molecule has 0 radical (unpaired) electrons. The van der Waals surface area contributed by atoms with Gasteiger partial charge in [0.25, 0.3) is 5.91 Å². The third-order valence-electron chi connectivity index (χ3n) is 5.05. The van der Waals surface area contributed by atoms with Crippen LogP contribution >= 0.6 is 0 Å². The van der Waals surface area contributed by atoms with Gasteiger partial charge in [0.05, 0.1) is 24.7 Å². The van der Waals surface area contributed by atoms with Crippen molar-refractivity contribution < 1.29 is 14.3 Å². The molecule has 3 aromatic rings. The van der Waals surface area contributed by atoms with Gasteiger partial charge in [-0.15, -0.1) is 10.2 Å². The predicted octanol–water partition coefficient (Wildman–Crippen LogP) is 1.95. The zero-order valence-corrected chi connectivity index (χ0v) is 17.4. The number of ether oxygens (including phenoxy) is 1. The molecular weight excluding hydrogens is 412 g/mol. The average Bonchev–Trinajstić information content (AvgIpc) is 3.56. The lowest BCUT2D eigenvalue weighted by molar-refractivity contribution is -0.117. The smallest absolute Gasteiger partial charge is 0.271 e. The van der Waals surface area contributed by atoms with Crippen LogP contribution in [0.1, 0.15) is 29.0 Å². The number of nitrogens with zero attached hydrogens (tertiary/aromatic N) is 5. The quantitative estimate of drug-likeness (QED) is 0.510. The summed E-state index contributed by atoms with van der Waals surface area (Å²) in [5.41, 5.74) is 7.70. The summed E-state index contributed by atoms with van der Waals surface area (Å²) in [5, 5.41) is 27.2. The molecule has 11 heteroatoms. The maximum Gasteiger partial charge on any atom is 0.271 e. The second kappa shape index (κ2) is 8.35. The largest absolute Gasteiger partial charge is 0.494 e. The van der Waals surface area contributed by atoms with Gasteiger partial charge in [-0.1, -0.05) is 12.1 Å². The van der Waals surface area contributed by atoms with Gasteiger partial charge >= 0.3 is 0 Å². The Kier molecular flexibility index (Phi) is 5.43. The Hall–Kier alpha value is -4.46. The van der Waals surface area contributed by atoms with Gasteiger partial charge in [0, 0.05) is 30.2 Å². The fourth-order valence-electron chi connectivity index (χ4n) is 3.28. The number of rotatable bonds is 7. The maximum absolute atomic E-state index is 12.1. The number of methoxy groups -OCH3 is 1. The lowest BCUT2D eigenvalue weighted by Crippen LogP contribution is -2.19. The van der Waals surface area contributed by atoms with Crippen LogP contribution in [0.2, 0.25) is 0 Å². The van der Waals surface area contributed by atoms with Gasteiger partial charge in [-0.3, -0.25) is 14.3 Å². The monoisotopic (exact) mass is 432 g/mol.